The molecule has 114 valence electrons. The van der Waals surface area contributed by atoms with Gasteiger partial charge in [-0.1, -0.05) is 13.8 Å². The second kappa shape index (κ2) is 6.74. The van der Waals surface area contributed by atoms with Crippen molar-refractivity contribution in [1.29, 1.82) is 0 Å². The molecule has 1 saturated heterocycles. The summed E-state index contributed by atoms with van der Waals surface area (Å²) in [6.45, 7) is 3.87. The van der Waals surface area contributed by atoms with E-state index < -0.39 is 25.1 Å². The molecule has 1 heterocycles. The summed E-state index contributed by atoms with van der Waals surface area (Å²) < 4.78 is 49.8. The number of hydrogen-bond acceptors (Lipinski definition) is 4. The SMILES string of the molecule is CC(C)C(CCCl)NS(=O)(=O)C1CCS(=O)(=O)CC1. The molecule has 8 heteroatoms. The Balaban J connectivity index is 2.70. The van der Waals surface area contributed by atoms with Crippen molar-refractivity contribution in [3.05, 3.63) is 0 Å². The Hall–Kier alpha value is 0.150. The predicted molar refractivity (Wildman–Crippen MR) is 77.7 cm³/mol. The van der Waals surface area contributed by atoms with Crippen LogP contribution in [-0.2, 0) is 19.9 Å². The van der Waals surface area contributed by atoms with E-state index in [0.29, 0.717) is 12.3 Å². The molecule has 1 fully saturated rings. The Labute approximate surface area is 121 Å². The van der Waals surface area contributed by atoms with Gasteiger partial charge in [0.15, 0.2) is 0 Å². The van der Waals surface area contributed by atoms with Crippen molar-refractivity contribution in [1.82, 2.24) is 4.72 Å². The molecular formula is C11H22ClNO4S2. The van der Waals surface area contributed by atoms with E-state index in [2.05, 4.69) is 4.72 Å². The Bertz CT molecular complexity index is 473. The molecule has 1 rings (SSSR count). The molecular weight excluding hydrogens is 310 g/mol. The fraction of sp³-hybridized carbons (Fsp3) is 1.00. The lowest BCUT2D eigenvalue weighted by Crippen LogP contribution is -2.46. The van der Waals surface area contributed by atoms with Crippen molar-refractivity contribution < 1.29 is 16.8 Å². The van der Waals surface area contributed by atoms with E-state index in [-0.39, 0.29) is 36.3 Å². The van der Waals surface area contributed by atoms with Gasteiger partial charge < -0.3 is 0 Å². The van der Waals surface area contributed by atoms with Gasteiger partial charge in [-0.2, -0.15) is 0 Å². The first-order valence-corrected chi connectivity index (χ1v) is 10.4. The molecule has 0 amide bonds. The molecule has 0 bridgehead atoms. The number of alkyl halides is 1. The van der Waals surface area contributed by atoms with Gasteiger partial charge in [-0.05, 0) is 25.2 Å². The zero-order valence-corrected chi connectivity index (χ0v) is 13.7. The first kappa shape index (κ1) is 17.2. The molecule has 0 aromatic carbocycles. The van der Waals surface area contributed by atoms with Gasteiger partial charge in [0.25, 0.3) is 0 Å². The Morgan fingerprint density at radius 3 is 2.21 bits per heavy atom. The maximum atomic E-state index is 12.2. The average molecular weight is 332 g/mol. The van der Waals surface area contributed by atoms with Gasteiger partial charge in [0.1, 0.15) is 9.84 Å². The van der Waals surface area contributed by atoms with E-state index in [1.165, 1.54) is 0 Å². The molecule has 1 aliphatic rings. The zero-order valence-electron chi connectivity index (χ0n) is 11.3. The lowest BCUT2D eigenvalue weighted by molar-refractivity contribution is 0.433. The molecule has 0 saturated carbocycles. The molecule has 1 aliphatic heterocycles. The molecule has 1 unspecified atom stereocenters. The predicted octanol–water partition coefficient (Wildman–Crippen LogP) is 1.14. The molecule has 0 aromatic rings. The fourth-order valence-electron chi connectivity index (χ4n) is 2.13. The third-order valence-electron chi connectivity index (χ3n) is 3.48. The van der Waals surface area contributed by atoms with Crippen LogP contribution < -0.4 is 4.72 Å². The number of sulfone groups is 1. The van der Waals surface area contributed by atoms with Gasteiger partial charge >= 0.3 is 0 Å². The summed E-state index contributed by atoms with van der Waals surface area (Å²) in [5.74, 6) is 0.464. The van der Waals surface area contributed by atoms with Crippen LogP contribution in [0.4, 0.5) is 0 Å². The van der Waals surface area contributed by atoms with Crippen molar-refractivity contribution in [3.63, 3.8) is 0 Å². The van der Waals surface area contributed by atoms with Gasteiger partial charge in [-0.25, -0.2) is 21.6 Å². The van der Waals surface area contributed by atoms with Crippen LogP contribution in [0, 0.1) is 5.92 Å². The van der Waals surface area contributed by atoms with Gasteiger partial charge in [0.05, 0.1) is 16.8 Å². The van der Waals surface area contributed by atoms with Gasteiger partial charge in [0.2, 0.25) is 10.0 Å². The number of nitrogens with one attached hydrogen (secondary N) is 1. The summed E-state index contributed by atoms with van der Waals surface area (Å²) in [4.78, 5) is 0. The maximum Gasteiger partial charge on any atom is 0.214 e. The minimum Gasteiger partial charge on any atom is -0.229 e. The first-order valence-electron chi connectivity index (χ1n) is 6.45. The molecule has 1 atom stereocenters. The number of rotatable bonds is 6. The second-order valence-corrected chi connectivity index (χ2v) is 10.0. The third-order valence-corrected chi connectivity index (χ3v) is 7.39. The van der Waals surface area contributed by atoms with Crippen molar-refractivity contribution in [2.45, 2.75) is 44.4 Å². The molecule has 0 aromatic heterocycles. The molecule has 19 heavy (non-hydrogen) atoms. The monoisotopic (exact) mass is 331 g/mol. The standard InChI is InChI=1S/C11H22ClNO4S2/c1-9(2)11(3-6-12)13-19(16,17)10-4-7-18(14,15)8-5-10/h9-11,13H,3-8H2,1-2H3. The Morgan fingerprint density at radius 2 is 1.79 bits per heavy atom. The van der Waals surface area contributed by atoms with Crippen LogP contribution in [0.3, 0.4) is 0 Å². The van der Waals surface area contributed by atoms with Gasteiger partial charge in [0, 0.05) is 11.9 Å². The van der Waals surface area contributed by atoms with Crippen molar-refractivity contribution in [2.75, 3.05) is 17.4 Å². The highest BCUT2D eigenvalue weighted by molar-refractivity contribution is 7.92. The van der Waals surface area contributed by atoms with Crippen LogP contribution in [0.15, 0.2) is 0 Å². The van der Waals surface area contributed by atoms with Crippen LogP contribution in [0.5, 0.6) is 0 Å². The molecule has 0 spiro atoms. The van der Waals surface area contributed by atoms with Crippen LogP contribution in [0.25, 0.3) is 0 Å². The normalized spacial score (nSPS) is 22.5. The average Bonchev–Trinajstić information content (AvgIpc) is 2.27. The molecule has 1 N–H and O–H groups in total. The van der Waals surface area contributed by atoms with Crippen molar-refractivity contribution in [3.8, 4) is 0 Å². The smallest absolute Gasteiger partial charge is 0.214 e. The van der Waals surface area contributed by atoms with Crippen LogP contribution in [-0.4, -0.2) is 45.5 Å². The van der Waals surface area contributed by atoms with Gasteiger partial charge in [-0.15, -0.1) is 11.6 Å². The highest BCUT2D eigenvalue weighted by Gasteiger charge is 2.34. The zero-order chi connectivity index (χ0) is 14.7. The largest absolute Gasteiger partial charge is 0.229 e. The number of halogens is 1. The molecule has 0 radical (unpaired) electrons. The summed E-state index contributed by atoms with van der Waals surface area (Å²) in [7, 11) is -6.52. The lowest BCUT2D eigenvalue weighted by Gasteiger charge is -2.27. The summed E-state index contributed by atoms with van der Waals surface area (Å²) >= 11 is 5.68. The number of sulfonamides is 1. The summed E-state index contributed by atoms with van der Waals surface area (Å²) in [6.07, 6.45) is 0.941. The van der Waals surface area contributed by atoms with E-state index in [9.17, 15) is 16.8 Å². The summed E-state index contributed by atoms with van der Waals surface area (Å²) in [5.41, 5.74) is 0. The summed E-state index contributed by atoms with van der Waals surface area (Å²) in [5, 5.41) is -0.604. The maximum absolute atomic E-state index is 12.2. The minimum atomic E-state index is -3.47. The van der Waals surface area contributed by atoms with E-state index in [4.69, 9.17) is 11.6 Å². The summed E-state index contributed by atoms with van der Waals surface area (Å²) in [6, 6.07) is -0.193. The fourth-order valence-corrected chi connectivity index (χ4v) is 6.02. The van der Waals surface area contributed by atoms with Gasteiger partial charge in [-0.3, -0.25) is 0 Å². The van der Waals surface area contributed by atoms with Crippen LogP contribution in [0.1, 0.15) is 33.1 Å². The van der Waals surface area contributed by atoms with E-state index >= 15 is 0 Å². The minimum absolute atomic E-state index is 0.0412. The first-order chi connectivity index (χ1) is 8.68. The molecule has 0 aliphatic carbocycles. The highest BCUT2D eigenvalue weighted by Crippen LogP contribution is 2.20. The third kappa shape index (κ3) is 5.21. The Morgan fingerprint density at radius 1 is 1.26 bits per heavy atom. The van der Waals surface area contributed by atoms with Crippen LogP contribution in [0.2, 0.25) is 0 Å². The van der Waals surface area contributed by atoms with E-state index in [1.54, 1.807) is 0 Å². The van der Waals surface area contributed by atoms with Crippen molar-refractivity contribution in [2.24, 2.45) is 5.92 Å². The quantitative estimate of drug-likeness (QED) is 0.740. The van der Waals surface area contributed by atoms with E-state index in [1.807, 2.05) is 13.8 Å². The Kier molecular flexibility index (Phi) is 6.10. The van der Waals surface area contributed by atoms with E-state index in [0.717, 1.165) is 0 Å². The highest BCUT2D eigenvalue weighted by atomic mass is 35.5. The second-order valence-electron chi connectivity index (χ2n) is 5.34. The topological polar surface area (TPSA) is 80.3 Å². The lowest BCUT2D eigenvalue weighted by atomic mass is 10.0. The number of hydrogen-bond donors (Lipinski definition) is 1. The van der Waals surface area contributed by atoms with Crippen LogP contribution >= 0.6 is 11.6 Å². The van der Waals surface area contributed by atoms with Crippen molar-refractivity contribution >= 4 is 31.5 Å². The molecule has 5 nitrogen and oxygen atoms in total.